The Morgan fingerprint density at radius 2 is 2.25 bits per heavy atom. The van der Waals surface area contributed by atoms with Crippen molar-refractivity contribution < 1.29 is 4.74 Å². The number of hydrogen-bond acceptors (Lipinski definition) is 5. The molecule has 0 radical (unpaired) electrons. The zero-order valence-corrected chi connectivity index (χ0v) is 10.0. The van der Waals surface area contributed by atoms with Crippen LogP contribution in [0.5, 0.6) is 5.88 Å². The molecule has 0 aliphatic carbocycles. The molecule has 0 aliphatic rings. The standard InChI is InChI=1S/C11H13N3OS/c1-7-11(12)14-10(16-7)5-8-3-4-9(15-2)13-6-8/h3-4,6H,5,12H2,1-2H3. The molecular formula is C11H13N3OS. The van der Waals surface area contributed by atoms with Crippen molar-refractivity contribution in [2.24, 2.45) is 0 Å². The molecule has 5 heteroatoms. The van der Waals surface area contributed by atoms with Gasteiger partial charge in [-0.3, -0.25) is 0 Å². The van der Waals surface area contributed by atoms with Crippen molar-refractivity contribution in [3.63, 3.8) is 0 Å². The molecule has 0 saturated carbocycles. The molecule has 0 bridgehead atoms. The molecule has 0 amide bonds. The summed E-state index contributed by atoms with van der Waals surface area (Å²) in [6.45, 7) is 1.97. The highest BCUT2D eigenvalue weighted by Crippen LogP contribution is 2.21. The summed E-state index contributed by atoms with van der Waals surface area (Å²) in [6, 6.07) is 3.83. The normalized spacial score (nSPS) is 10.4. The predicted molar refractivity (Wildman–Crippen MR) is 64.9 cm³/mol. The van der Waals surface area contributed by atoms with Gasteiger partial charge in [-0.25, -0.2) is 9.97 Å². The SMILES string of the molecule is COc1ccc(Cc2nc(N)c(C)s2)cn1. The molecule has 4 nitrogen and oxygen atoms in total. The maximum Gasteiger partial charge on any atom is 0.212 e. The summed E-state index contributed by atoms with van der Waals surface area (Å²) >= 11 is 1.62. The van der Waals surface area contributed by atoms with Gasteiger partial charge in [-0.05, 0) is 12.5 Å². The molecule has 0 unspecified atom stereocenters. The van der Waals surface area contributed by atoms with Gasteiger partial charge in [0, 0.05) is 23.6 Å². The highest BCUT2D eigenvalue weighted by atomic mass is 32.1. The molecule has 16 heavy (non-hydrogen) atoms. The second kappa shape index (κ2) is 4.49. The van der Waals surface area contributed by atoms with Gasteiger partial charge in [0.25, 0.3) is 0 Å². The van der Waals surface area contributed by atoms with Crippen molar-refractivity contribution >= 4 is 17.2 Å². The fourth-order valence-corrected chi connectivity index (χ4v) is 2.24. The number of hydrogen-bond donors (Lipinski definition) is 1. The summed E-state index contributed by atoms with van der Waals surface area (Å²) in [7, 11) is 1.60. The quantitative estimate of drug-likeness (QED) is 0.884. The van der Waals surface area contributed by atoms with E-state index >= 15 is 0 Å². The summed E-state index contributed by atoms with van der Waals surface area (Å²) in [4.78, 5) is 9.50. The van der Waals surface area contributed by atoms with Crippen LogP contribution in [0.4, 0.5) is 5.82 Å². The van der Waals surface area contributed by atoms with Crippen LogP contribution >= 0.6 is 11.3 Å². The lowest BCUT2D eigenvalue weighted by Gasteiger charge is -2.00. The highest BCUT2D eigenvalue weighted by molar-refractivity contribution is 7.12. The van der Waals surface area contributed by atoms with Crippen molar-refractivity contribution in [3.05, 3.63) is 33.8 Å². The summed E-state index contributed by atoms with van der Waals surface area (Å²) in [5, 5.41) is 1.02. The van der Waals surface area contributed by atoms with Gasteiger partial charge in [-0.1, -0.05) is 6.07 Å². The number of aromatic nitrogens is 2. The number of ether oxygens (including phenoxy) is 1. The van der Waals surface area contributed by atoms with Crippen molar-refractivity contribution in [3.8, 4) is 5.88 Å². The average molecular weight is 235 g/mol. The van der Waals surface area contributed by atoms with E-state index in [9.17, 15) is 0 Å². The second-order valence-corrected chi connectivity index (χ2v) is 4.72. The highest BCUT2D eigenvalue weighted by Gasteiger charge is 2.05. The van der Waals surface area contributed by atoms with E-state index in [4.69, 9.17) is 10.5 Å². The number of nitrogens with zero attached hydrogens (tertiary/aromatic N) is 2. The van der Waals surface area contributed by atoms with E-state index in [0.29, 0.717) is 11.7 Å². The Labute approximate surface area is 98.1 Å². The Bertz CT molecular complexity index is 459. The monoisotopic (exact) mass is 235 g/mol. The van der Waals surface area contributed by atoms with Crippen molar-refractivity contribution in [2.75, 3.05) is 12.8 Å². The maximum atomic E-state index is 5.70. The number of methoxy groups -OCH3 is 1. The Balaban J connectivity index is 2.14. The zero-order chi connectivity index (χ0) is 11.5. The van der Waals surface area contributed by atoms with E-state index in [1.165, 1.54) is 0 Å². The van der Waals surface area contributed by atoms with E-state index in [1.807, 2.05) is 19.1 Å². The van der Waals surface area contributed by atoms with Crippen LogP contribution in [0, 0.1) is 6.92 Å². The van der Waals surface area contributed by atoms with E-state index in [2.05, 4.69) is 9.97 Å². The summed E-state index contributed by atoms with van der Waals surface area (Å²) in [6.07, 6.45) is 2.56. The molecule has 2 N–H and O–H groups in total. The lowest BCUT2D eigenvalue weighted by atomic mass is 10.2. The number of pyridine rings is 1. The minimum Gasteiger partial charge on any atom is -0.481 e. The first kappa shape index (κ1) is 10.9. The van der Waals surface area contributed by atoms with Crippen LogP contribution < -0.4 is 10.5 Å². The first-order chi connectivity index (χ1) is 7.69. The van der Waals surface area contributed by atoms with Crippen molar-refractivity contribution in [2.45, 2.75) is 13.3 Å². The van der Waals surface area contributed by atoms with Gasteiger partial charge in [-0.2, -0.15) is 0 Å². The first-order valence-corrected chi connectivity index (χ1v) is 5.71. The van der Waals surface area contributed by atoms with Gasteiger partial charge in [0.2, 0.25) is 5.88 Å². The van der Waals surface area contributed by atoms with Crippen LogP contribution in [-0.4, -0.2) is 17.1 Å². The molecule has 0 aromatic carbocycles. The summed E-state index contributed by atoms with van der Waals surface area (Å²) < 4.78 is 5.00. The number of rotatable bonds is 3. The second-order valence-electron chi connectivity index (χ2n) is 3.43. The molecule has 0 fully saturated rings. The van der Waals surface area contributed by atoms with Crippen LogP contribution in [0.3, 0.4) is 0 Å². The van der Waals surface area contributed by atoms with Crippen LogP contribution in [0.2, 0.25) is 0 Å². The van der Waals surface area contributed by atoms with Crippen LogP contribution in [0.1, 0.15) is 15.4 Å². The van der Waals surface area contributed by atoms with Crippen molar-refractivity contribution in [1.29, 1.82) is 0 Å². The number of anilines is 1. The zero-order valence-electron chi connectivity index (χ0n) is 9.23. The van der Waals surface area contributed by atoms with Crippen molar-refractivity contribution in [1.82, 2.24) is 9.97 Å². The number of nitrogens with two attached hydrogens (primary N) is 1. The molecule has 2 aromatic rings. The third kappa shape index (κ3) is 2.30. The molecule has 0 saturated heterocycles. The minimum atomic E-state index is 0.624. The third-order valence-corrected chi connectivity index (χ3v) is 3.23. The molecule has 2 heterocycles. The molecule has 0 atom stereocenters. The maximum absolute atomic E-state index is 5.70. The minimum absolute atomic E-state index is 0.624. The lowest BCUT2D eigenvalue weighted by Crippen LogP contribution is -1.92. The Morgan fingerprint density at radius 3 is 2.75 bits per heavy atom. The first-order valence-electron chi connectivity index (χ1n) is 4.89. The fraction of sp³-hybridized carbons (Fsp3) is 0.273. The molecule has 0 spiro atoms. The van der Waals surface area contributed by atoms with Crippen LogP contribution in [0.25, 0.3) is 0 Å². The average Bonchev–Trinajstić information content (AvgIpc) is 2.59. The number of thiazole rings is 1. The Hall–Kier alpha value is -1.62. The Morgan fingerprint density at radius 1 is 1.44 bits per heavy atom. The van der Waals surface area contributed by atoms with Crippen LogP contribution in [0.15, 0.2) is 18.3 Å². The fourth-order valence-electron chi connectivity index (χ4n) is 1.35. The predicted octanol–water partition coefficient (Wildman–Crippen LogP) is 2.03. The van der Waals surface area contributed by atoms with E-state index in [1.54, 1.807) is 24.6 Å². The summed E-state index contributed by atoms with van der Waals surface area (Å²) in [5.41, 5.74) is 6.81. The van der Waals surface area contributed by atoms with Crippen LogP contribution in [-0.2, 0) is 6.42 Å². The van der Waals surface area contributed by atoms with E-state index in [0.717, 1.165) is 21.9 Å². The van der Waals surface area contributed by atoms with Gasteiger partial charge < -0.3 is 10.5 Å². The van der Waals surface area contributed by atoms with Gasteiger partial charge >= 0.3 is 0 Å². The molecule has 2 aromatic heterocycles. The van der Waals surface area contributed by atoms with E-state index < -0.39 is 0 Å². The largest absolute Gasteiger partial charge is 0.481 e. The summed E-state index contributed by atoms with van der Waals surface area (Å²) in [5.74, 6) is 1.25. The molecule has 2 rings (SSSR count). The van der Waals surface area contributed by atoms with Gasteiger partial charge in [0.1, 0.15) is 5.82 Å². The van der Waals surface area contributed by atoms with Gasteiger partial charge in [0.05, 0.1) is 12.1 Å². The van der Waals surface area contributed by atoms with Gasteiger partial charge in [0.15, 0.2) is 0 Å². The van der Waals surface area contributed by atoms with E-state index in [-0.39, 0.29) is 0 Å². The number of nitrogen functional groups attached to an aromatic ring is 1. The third-order valence-electron chi connectivity index (χ3n) is 2.24. The lowest BCUT2D eigenvalue weighted by molar-refractivity contribution is 0.397. The molecular weight excluding hydrogens is 222 g/mol. The number of aryl methyl sites for hydroxylation is 1. The molecule has 0 aliphatic heterocycles. The van der Waals surface area contributed by atoms with Gasteiger partial charge in [-0.15, -0.1) is 11.3 Å². The Kier molecular flexibility index (Phi) is 3.05. The topological polar surface area (TPSA) is 61.0 Å². The molecule has 84 valence electrons. The smallest absolute Gasteiger partial charge is 0.212 e.